The summed E-state index contributed by atoms with van der Waals surface area (Å²) in [5.74, 6) is 1.12. The summed E-state index contributed by atoms with van der Waals surface area (Å²) in [4.78, 5) is 14.4. The maximum Gasteiger partial charge on any atom is 0.254 e. The summed E-state index contributed by atoms with van der Waals surface area (Å²) < 4.78 is 0. The summed E-state index contributed by atoms with van der Waals surface area (Å²) in [6.07, 6.45) is 2.14. The zero-order valence-electron chi connectivity index (χ0n) is 10.5. The summed E-state index contributed by atoms with van der Waals surface area (Å²) in [5, 5.41) is 0.606. The summed E-state index contributed by atoms with van der Waals surface area (Å²) >= 11 is 11.9. The fourth-order valence-corrected chi connectivity index (χ4v) is 2.79. The molecule has 1 aromatic rings. The highest BCUT2D eigenvalue weighted by atomic mass is 35.5. The van der Waals surface area contributed by atoms with E-state index in [-0.39, 0.29) is 5.91 Å². The lowest BCUT2D eigenvalue weighted by Gasteiger charge is -2.32. The van der Waals surface area contributed by atoms with Gasteiger partial charge in [-0.25, -0.2) is 0 Å². The Morgan fingerprint density at radius 2 is 2.28 bits per heavy atom. The van der Waals surface area contributed by atoms with Crippen LogP contribution >= 0.6 is 23.2 Å². The molecule has 1 fully saturated rings. The van der Waals surface area contributed by atoms with Gasteiger partial charge in [0.1, 0.15) is 0 Å². The molecule has 18 heavy (non-hydrogen) atoms. The van der Waals surface area contributed by atoms with Crippen molar-refractivity contribution in [2.24, 2.45) is 5.92 Å². The molecule has 4 heteroatoms. The Hall–Kier alpha value is -0.730. The van der Waals surface area contributed by atoms with Crippen molar-refractivity contribution in [3.8, 4) is 0 Å². The van der Waals surface area contributed by atoms with Crippen LogP contribution < -0.4 is 0 Å². The minimum atomic E-state index is 0.0739. The molecule has 1 unspecified atom stereocenters. The van der Waals surface area contributed by atoms with E-state index >= 15 is 0 Å². The van der Waals surface area contributed by atoms with E-state index in [1.165, 1.54) is 0 Å². The normalized spacial score (nSPS) is 19.9. The number of alkyl halides is 1. The number of carbonyl (C=O) groups excluding carboxylic acids is 1. The van der Waals surface area contributed by atoms with Crippen LogP contribution in [0.4, 0.5) is 0 Å². The van der Waals surface area contributed by atoms with Gasteiger partial charge in [0.15, 0.2) is 0 Å². The van der Waals surface area contributed by atoms with Gasteiger partial charge in [-0.1, -0.05) is 17.7 Å². The molecule has 1 amide bonds. The predicted molar refractivity (Wildman–Crippen MR) is 75.5 cm³/mol. The Balaban J connectivity index is 2.17. The van der Waals surface area contributed by atoms with Gasteiger partial charge in [-0.2, -0.15) is 0 Å². The predicted octanol–water partition coefficient (Wildman–Crippen LogP) is 3.74. The van der Waals surface area contributed by atoms with Gasteiger partial charge < -0.3 is 4.90 Å². The number of amides is 1. The molecular formula is C14H17Cl2NO. The van der Waals surface area contributed by atoms with E-state index in [0.717, 1.165) is 31.5 Å². The largest absolute Gasteiger partial charge is 0.338 e. The first-order valence-corrected chi connectivity index (χ1v) is 7.14. The van der Waals surface area contributed by atoms with E-state index in [2.05, 4.69) is 0 Å². The van der Waals surface area contributed by atoms with Crippen LogP contribution in [0, 0.1) is 12.8 Å². The first-order chi connectivity index (χ1) is 8.61. The topological polar surface area (TPSA) is 20.3 Å². The molecule has 2 rings (SSSR count). The number of halogens is 2. The number of likely N-dealkylation sites (tertiary alicyclic amines) is 1. The van der Waals surface area contributed by atoms with Crippen LogP contribution in [0.25, 0.3) is 0 Å². The van der Waals surface area contributed by atoms with Crippen molar-refractivity contribution in [1.82, 2.24) is 4.90 Å². The Labute approximate surface area is 118 Å². The van der Waals surface area contributed by atoms with Crippen molar-refractivity contribution >= 4 is 29.1 Å². The van der Waals surface area contributed by atoms with Crippen LogP contribution in [0.2, 0.25) is 5.02 Å². The van der Waals surface area contributed by atoms with Gasteiger partial charge in [-0.15, -0.1) is 11.6 Å². The molecule has 1 atom stereocenters. The van der Waals surface area contributed by atoms with Crippen molar-refractivity contribution in [1.29, 1.82) is 0 Å². The second-order valence-electron chi connectivity index (χ2n) is 4.87. The lowest BCUT2D eigenvalue weighted by Crippen LogP contribution is -2.40. The summed E-state index contributed by atoms with van der Waals surface area (Å²) in [7, 11) is 0. The number of benzene rings is 1. The van der Waals surface area contributed by atoms with Gasteiger partial charge in [0, 0.05) is 29.6 Å². The lowest BCUT2D eigenvalue weighted by molar-refractivity contribution is 0.0684. The maximum absolute atomic E-state index is 12.5. The van der Waals surface area contributed by atoms with Crippen LogP contribution in [0.15, 0.2) is 18.2 Å². The van der Waals surface area contributed by atoms with Crippen LogP contribution in [-0.4, -0.2) is 29.8 Å². The fraction of sp³-hybridized carbons (Fsp3) is 0.500. The average Bonchev–Trinajstić information content (AvgIpc) is 2.41. The van der Waals surface area contributed by atoms with Crippen molar-refractivity contribution < 1.29 is 4.79 Å². The maximum atomic E-state index is 12.5. The van der Waals surface area contributed by atoms with E-state index in [4.69, 9.17) is 23.2 Å². The molecular weight excluding hydrogens is 269 g/mol. The Morgan fingerprint density at radius 1 is 1.50 bits per heavy atom. The van der Waals surface area contributed by atoms with Gasteiger partial charge in [-0.05, 0) is 43.4 Å². The molecule has 1 aromatic carbocycles. The number of carbonyl (C=O) groups is 1. The summed E-state index contributed by atoms with van der Waals surface area (Å²) in [5.41, 5.74) is 1.68. The molecule has 0 bridgehead atoms. The summed E-state index contributed by atoms with van der Waals surface area (Å²) in [6.45, 7) is 3.51. The molecule has 98 valence electrons. The van der Waals surface area contributed by atoms with Crippen molar-refractivity contribution in [3.63, 3.8) is 0 Å². The smallest absolute Gasteiger partial charge is 0.254 e. The highest BCUT2D eigenvalue weighted by Gasteiger charge is 2.24. The number of rotatable bonds is 2. The third kappa shape index (κ3) is 2.99. The molecule has 1 saturated heterocycles. The first-order valence-electron chi connectivity index (χ1n) is 6.23. The van der Waals surface area contributed by atoms with Crippen LogP contribution in [-0.2, 0) is 0 Å². The molecule has 0 N–H and O–H groups in total. The molecule has 0 radical (unpaired) electrons. The zero-order valence-corrected chi connectivity index (χ0v) is 12.0. The first kappa shape index (κ1) is 13.7. The standard InChI is InChI=1S/C14H17Cl2NO/c1-10-4-5-12(16)7-13(10)14(18)17-6-2-3-11(8-15)9-17/h4-5,7,11H,2-3,6,8-9H2,1H3. The van der Waals surface area contributed by atoms with Gasteiger partial charge in [0.2, 0.25) is 0 Å². The van der Waals surface area contributed by atoms with E-state index < -0.39 is 0 Å². The lowest BCUT2D eigenvalue weighted by atomic mass is 9.98. The number of hydrogen-bond acceptors (Lipinski definition) is 1. The van der Waals surface area contributed by atoms with Gasteiger partial charge >= 0.3 is 0 Å². The molecule has 0 aliphatic carbocycles. The minimum Gasteiger partial charge on any atom is -0.338 e. The minimum absolute atomic E-state index is 0.0739. The molecule has 1 aliphatic rings. The molecule has 1 heterocycles. The zero-order chi connectivity index (χ0) is 13.1. The molecule has 0 saturated carbocycles. The van der Waals surface area contributed by atoms with Crippen molar-refractivity contribution in [3.05, 3.63) is 34.3 Å². The van der Waals surface area contributed by atoms with Gasteiger partial charge in [0.05, 0.1) is 0 Å². The molecule has 0 spiro atoms. The van der Waals surface area contributed by atoms with E-state index in [1.807, 2.05) is 24.0 Å². The number of hydrogen-bond donors (Lipinski definition) is 0. The van der Waals surface area contributed by atoms with Crippen LogP contribution in [0.5, 0.6) is 0 Å². The SMILES string of the molecule is Cc1ccc(Cl)cc1C(=O)N1CCCC(CCl)C1. The Kier molecular flexibility index (Phi) is 4.52. The number of piperidine rings is 1. The van der Waals surface area contributed by atoms with E-state index in [9.17, 15) is 4.79 Å². The van der Waals surface area contributed by atoms with Crippen LogP contribution in [0.1, 0.15) is 28.8 Å². The molecule has 0 aromatic heterocycles. The second kappa shape index (κ2) is 5.94. The third-order valence-corrected chi connectivity index (χ3v) is 4.13. The quantitative estimate of drug-likeness (QED) is 0.758. The molecule has 2 nitrogen and oxygen atoms in total. The van der Waals surface area contributed by atoms with Crippen molar-refractivity contribution in [2.75, 3.05) is 19.0 Å². The van der Waals surface area contributed by atoms with E-state index in [1.54, 1.807) is 6.07 Å². The van der Waals surface area contributed by atoms with Gasteiger partial charge in [-0.3, -0.25) is 4.79 Å². The second-order valence-corrected chi connectivity index (χ2v) is 5.62. The highest BCUT2D eigenvalue weighted by molar-refractivity contribution is 6.31. The summed E-state index contributed by atoms with van der Waals surface area (Å²) in [6, 6.07) is 5.45. The van der Waals surface area contributed by atoms with E-state index in [0.29, 0.717) is 22.4 Å². The van der Waals surface area contributed by atoms with Crippen LogP contribution in [0.3, 0.4) is 0 Å². The monoisotopic (exact) mass is 285 g/mol. The number of aryl methyl sites for hydroxylation is 1. The fourth-order valence-electron chi connectivity index (χ4n) is 2.37. The average molecular weight is 286 g/mol. The Morgan fingerprint density at radius 3 is 3.00 bits per heavy atom. The Bertz CT molecular complexity index is 447. The molecule has 1 aliphatic heterocycles. The third-order valence-electron chi connectivity index (χ3n) is 3.45. The number of nitrogens with zero attached hydrogens (tertiary/aromatic N) is 1. The highest BCUT2D eigenvalue weighted by Crippen LogP contribution is 2.22. The van der Waals surface area contributed by atoms with Crippen molar-refractivity contribution in [2.45, 2.75) is 19.8 Å². The van der Waals surface area contributed by atoms with Gasteiger partial charge in [0.25, 0.3) is 5.91 Å².